The molecule has 3 aromatic rings. The molecule has 1 aliphatic rings. The van der Waals surface area contributed by atoms with E-state index in [9.17, 15) is 18.0 Å². The maximum atomic E-state index is 12.6. The third-order valence-electron chi connectivity index (χ3n) is 5.71. The van der Waals surface area contributed by atoms with E-state index in [2.05, 4.69) is 22.2 Å². The Morgan fingerprint density at radius 2 is 1.82 bits per heavy atom. The monoisotopic (exact) mass is 473 g/mol. The zero-order valence-electron chi connectivity index (χ0n) is 19.0. The normalized spacial score (nSPS) is 15.3. The van der Waals surface area contributed by atoms with Gasteiger partial charge in [-0.05, 0) is 69.4 Å². The fourth-order valence-corrected chi connectivity index (χ4v) is 3.82. The molecule has 0 aliphatic carbocycles. The van der Waals surface area contributed by atoms with Crippen LogP contribution in [0.15, 0.2) is 42.5 Å². The quantitative estimate of drug-likeness (QED) is 0.601. The molecule has 1 fully saturated rings. The third-order valence-corrected chi connectivity index (χ3v) is 5.71. The van der Waals surface area contributed by atoms with Crippen molar-refractivity contribution in [3.8, 4) is 5.75 Å². The number of nitrogens with zero attached hydrogens (tertiary/aromatic N) is 4. The minimum atomic E-state index is -4.42. The Bertz CT molecular complexity index is 1170. The molecule has 1 saturated heterocycles. The molecule has 4 rings (SSSR count). The van der Waals surface area contributed by atoms with Gasteiger partial charge in [0.05, 0.1) is 16.8 Å². The number of hydrogen-bond acceptors (Lipinski definition) is 6. The summed E-state index contributed by atoms with van der Waals surface area (Å²) in [4.78, 5) is 26.2. The van der Waals surface area contributed by atoms with Crippen LogP contribution in [-0.4, -0.2) is 60.6 Å². The number of anilines is 2. The first-order valence-corrected chi connectivity index (χ1v) is 11.0. The van der Waals surface area contributed by atoms with Gasteiger partial charge in [-0.25, -0.2) is 9.97 Å². The minimum Gasteiger partial charge on any atom is -0.484 e. The van der Waals surface area contributed by atoms with Crippen molar-refractivity contribution in [2.75, 3.05) is 50.1 Å². The molecule has 0 spiro atoms. The molecule has 1 aromatic heterocycles. The van der Waals surface area contributed by atoms with E-state index in [1.807, 2.05) is 13.0 Å². The van der Waals surface area contributed by atoms with Gasteiger partial charge in [0.2, 0.25) is 5.95 Å². The van der Waals surface area contributed by atoms with Gasteiger partial charge in [0.25, 0.3) is 5.91 Å². The van der Waals surface area contributed by atoms with E-state index in [4.69, 9.17) is 14.7 Å². The third kappa shape index (κ3) is 5.74. The van der Waals surface area contributed by atoms with Crippen molar-refractivity contribution >= 4 is 28.4 Å². The highest BCUT2D eigenvalue weighted by Gasteiger charge is 2.30. The van der Waals surface area contributed by atoms with Crippen molar-refractivity contribution in [3.05, 3.63) is 53.7 Å². The number of aryl methyl sites for hydroxylation is 1. The van der Waals surface area contributed by atoms with Gasteiger partial charge < -0.3 is 19.9 Å². The van der Waals surface area contributed by atoms with Crippen molar-refractivity contribution in [2.45, 2.75) is 19.5 Å². The van der Waals surface area contributed by atoms with Crippen LogP contribution in [0.3, 0.4) is 0 Å². The van der Waals surface area contributed by atoms with Gasteiger partial charge in [-0.15, -0.1) is 0 Å². The van der Waals surface area contributed by atoms with Gasteiger partial charge in [-0.1, -0.05) is 0 Å². The molecular weight excluding hydrogens is 447 g/mol. The first-order valence-electron chi connectivity index (χ1n) is 11.0. The smallest absolute Gasteiger partial charge is 0.416 e. The Kier molecular flexibility index (Phi) is 6.87. The topological polar surface area (TPSA) is 70.6 Å². The molecular formula is C24H26F3N5O2. The van der Waals surface area contributed by atoms with Crippen LogP contribution in [0.2, 0.25) is 0 Å². The SMILES string of the molecule is Cc1nc(N2CCCN(C)CC2)nc2ccc(NC(=O)COc3ccc(C(F)(F)F)cc3)cc12. The Balaban J connectivity index is 1.40. The van der Waals surface area contributed by atoms with Crippen molar-refractivity contribution < 1.29 is 22.7 Å². The molecule has 180 valence electrons. The zero-order chi connectivity index (χ0) is 24.3. The van der Waals surface area contributed by atoms with Gasteiger partial charge in [-0.3, -0.25) is 4.79 Å². The maximum Gasteiger partial charge on any atom is 0.416 e. The Morgan fingerprint density at radius 1 is 1.06 bits per heavy atom. The van der Waals surface area contributed by atoms with Gasteiger partial charge in [0, 0.05) is 30.7 Å². The molecule has 0 radical (unpaired) electrons. The molecule has 2 heterocycles. The summed E-state index contributed by atoms with van der Waals surface area (Å²) >= 11 is 0. The molecule has 0 unspecified atom stereocenters. The predicted molar refractivity (Wildman–Crippen MR) is 124 cm³/mol. The molecule has 34 heavy (non-hydrogen) atoms. The predicted octanol–water partition coefficient (Wildman–Crippen LogP) is 4.12. The van der Waals surface area contributed by atoms with Crippen LogP contribution < -0.4 is 15.0 Å². The molecule has 1 N–H and O–H groups in total. The number of aromatic nitrogens is 2. The fraction of sp³-hybridized carbons (Fsp3) is 0.375. The molecule has 0 bridgehead atoms. The average Bonchev–Trinajstić information content (AvgIpc) is 3.02. The summed E-state index contributed by atoms with van der Waals surface area (Å²) in [5, 5.41) is 3.57. The summed E-state index contributed by atoms with van der Waals surface area (Å²) in [6.45, 7) is 5.36. The number of rotatable bonds is 5. The lowest BCUT2D eigenvalue weighted by atomic mass is 10.1. The second-order valence-corrected chi connectivity index (χ2v) is 8.34. The first kappa shape index (κ1) is 23.7. The number of benzene rings is 2. The fourth-order valence-electron chi connectivity index (χ4n) is 3.82. The van der Waals surface area contributed by atoms with E-state index in [0.717, 1.165) is 61.3 Å². The number of nitrogens with one attached hydrogen (secondary N) is 1. The molecule has 0 atom stereocenters. The van der Waals surface area contributed by atoms with Crippen LogP contribution in [0, 0.1) is 6.92 Å². The van der Waals surface area contributed by atoms with Gasteiger partial charge in [0.1, 0.15) is 5.75 Å². The summed E-state index contributed by atoms with van der Waals surface area (Å²) in [5.41, 5.74) is 1.39. The van der Waals surface area contributed by atoms with Crippen LogP contribution in [-0.2, 0) is 11.0 Å². The van der Waals surface area contributed by atoms with Crippen LogP contribution in [0.5, 0.6) is 5.75 Å². The molecule has 2 aromatic carbocycles. The van der Waals surface area contributed by atoms with Crippen molar-refractivity contribution in [1.82, 2.24) is 14.9 Å². The van der Waals surface area contributed by atoms with E-state index >= 15 is 0 Å². The van der Waals surface area contributed by atoms with Gasteiger partial charge >= 0.3 is 6.18 Å². The summed E-state index contributed by atoms with van der Waals surface area (Å²) in [6, 6.07) is 9.60. The zero-order valence-corrected chi connectivity index (χ0v) is 19.0. The Labute approximate surface area is 195 Å². The van der Waals surface area contributed by atoms with E-state index in [-0.39, 0.29) is 12.4 Å². The number of likely N-dealkylation sites (N-methyl/N-ethyl adjacent to an activating group) is 1. The second-order valence-electron chi connectivity index (χ2n) is 8.34. The van der Waals surface area contributed by atoms with Crippen LogP contribution in [0.1, 0.15) is 17.7 Å². The maximum absolute atomic E-state index is 12.6. The number of hydrogen-bond donors (Lipinski definition) is 1. The van der Waals surface area contributed by atoms with E-state index < -0.39 is 17.6 Å². The van der Waals surface area contributed by atoms with Crippen LogP contribution in [0.25, 0.3) is 10.9 Å². The molecule has 0 saturated carbocycles. The van der Waals surface area contributed by atoms with E-state index in [0.29, 0.717) is 11.6 Å². The standard InChI is InChI=1S/C24H26F3N5O2/c1-16-20-14-18(29-22(33)15-34-19-7-4-17(5-8-19)24(25,26)27)6-9-21(20)30-23(28-16)32-11-3-10-31(2)12-13-32/h4-9,14H,3,10-13,15H2,1-2H3,(H,29,33). The Hall–Kier alpha value is -3.40. The summed E-state index contributed by atoms with van der Waals surface area (Å²) in [5.74, 6) is 0.461. The van der Waals surface area contributed by atoms with Crippen molar-refractivity contribution in [3.63, 3.8) is 0 Å². The molecule has 10 heteroatoms. The number of alkyl halides is 3. The number of halogens is 3. The first-order chi connectivity index (χ1) is 16.2. The summed E-state index contributed by atoms with van der Waals surface area (Å²) < 4.78 is 43.2. The number of ether oxygens (including phenoxy) is 1. The largest absolute Gasteiger partial charge is 0.484 e. The number of carbonyl (C=O) groups excluding carboxylic acids is 1. The minimum absolute atomic E-state index is 0.179. The lowest BCUT2D eigenvalue weighted by Gasteiger charge is -2.21. The lowest BCUT2D eigenvalue weighted by molar-refractivity contribution is -0.137. The number of carbonyl (C=O) groups is 1. The molecule has 1 aliphatic heterocycles. The summed E-state index contributed by atoms with van der Waals surface area (Å²) in [7, 11) is 2.11. The number of amides is 1. The highest BCUT2D eigenvalue weighted by molar-refractivity contribution is 5.95. The van der Waals surface area contributed by atoms with Gasteiger partial charge in [-0.2, -0.15) is 13.2 Å². The van der Waals surface area contributed by atoms with Crippen LogP contribution >= 0.6 is 0 Å². The lowest BCUT2D eigenvalue weighted by Crippen LogP contribution is -2.30. The molecule has 7 nitrogen and oxygen atoms in total. The van der Waals surface area contributed by atoms with Crippen molar-refractivity contribution in [2.24, 2.45) is 0 Å². The van der Waals surface area contributed by atoms with E-state index in [1.165, 1.54) is 12.1 Å². The number of fused-ring (bicyclic) bond motifs is 1. The average molecular weight is 473 g/mol. The highest BCUT2D eigenvalue weighted by atomic mass is 19.4. The van der Waals surface area contributed by atoms with Crippen LogP contribution in [0.4, 0.5) is 24.8 Å². The van der Waals surface area contributed by atoms with Gasteiger partial charge in [0.15, 0.2) is 6.61 Å². The summed E-state index contributed by atoms with van der Waals surface area (Å²) in [6.07, 6.45) is -3.37. The molecule has 1 amide bonds. The Morgan fingerprint density at radius 3 is 2.56 bits per heavy atom. The highest BCUT2D eigenvalue weighted by Crippen LogP contribution is 2.30. The van der Waals surface area contributed by atoms with E-state index in [1.54, 1.807) is 12.1 Å². The van der Waals surface area contributed by atoms with Crippen molar-refractivity contribution in [1.29, 1.82) is 0 Å². The second kappa shape index (κ2) is 9.84.